The number of rotatable bonds is 7. The van der Waals surface area contributed by atoms with Gasteiger partial charge in [-0.2, -0.15) is 0 Å². The summed E-state index contributed by atoms with van der Waals surface area (Å²) in [5, 5.41) is 0. The zero-order valence-corrected chi connectivity index (χ0v) is 13.9. The van der Waals surface area contributed by atoms with Gasteiger partial charge in [0.15, 0.2) is 0 Å². The van der Waals surface area contributed by atoms with Crippen molar-refractivity contribution in [3.05, 3.63) is 0 Å². The molecule has 1 aliphatic carbocycles. The Morgan fingerprint density at radius 3 is 2.05 bits per heavy atom. The fraction of sp³-hybridized carbons (Fsp3) is 0.882. The van der Waals surface area contributed by atoms with Crippen molar-refractivity contribution in [2.45, 2.75) is 59.8 Å². The van der Waals surface area contributed by atoms with Gasteiger partial charge in [0.25, 0.3) is 0 Å². The fourth-order valence-corrected chi connectivity index (χ4v) is 2.50. The Morgan fingerprint density at radius 2 is 1.52 bits per heavy atom. The summed E-state index contributed by atoms with van der Waals surface area (Å²) in [4.78, 5) is 24.0. The van der Waals surface area contributed by atoms with Gasteiger partial charge < -0.3 is 9.47 Å². The van der Waals surface area contributed by atoms with E-state index in [4.69, 9.17) is 9.47 Å². The summed E-state index contributed by atoms with van der Waals surface area (Å²) in [5.74, 6) is 0.306. The van der Waals surface area contributed by atoms with E-state index >= 15 is 0 Å². The molecule has 0 amide bonds. The minimum Gasteiger partial charge on any atom is -0.465 e. The minimum atomic E-state index is -0.150. The van der Waals surface area contributed by atoms with E-state index < -0.39 is 0 Å². The van der Waals surface area contributed by atoms with Crippen LogP contribution in [-0.2, 0) is 19.1 Å². The van der Waals surface area contributed by atoms with E-state index in [-0.39, 0.29) is 23.8 Å². The summed E-state index contributed by atoms with van der Waals surface area (Å²) < 4.78 is 10.6. The highest BCUT2D eigenvalue weighted by Crippen LogP contribution is 2.31. The van der Waals surface area contributed by atoms with Crippen LogP contribution in [0.15, 0.2) is 0 Å². The van der Waals surface area contributed by atoms with Crippen molar-refractivity contribution in [2.24, 2.45) is 23.7 Å². The molecule has 2 atom stereocenters. The minimum absolute atomic E-state index is 0.137. The highest BCUT2D eigenvalue weighted by Gasteiger charge is 2.33. The fourth-order valence-electron chi connectivity index (χ4n) is 2.50. The van der Waals surface area contributed by atoms with E-state index in [2.05, 4.69) is 13.8 Å². The SMILES string of the molecule is CC(C)CCOC(=O)C1CCCC(C(=O)OCC(C)C)C1. The Labute approximate surface area is 128 Å². The van der Waals surface area contributed by atoms with Crippen LogP contribution in [0.4, 0.5) is 0 Å². The van der Waals surface area contributed by atoms with E-state index in [0.717, 1.165) is 25.7 Å². The molecule has 1 saturated carbocycles. The molecule has 0 bridgehead atoms. The molecular weight excluding hydrogens is 268 g/mol. The molecule has 1 rings (SSSR count). The number of hydrogen-bond donors (Lipinski definition) is 0. The topological polar surface area (TPSA) is 52.6 Å². The molecule has 0 spiro atoms. The summed E-state index contributed by atoms with van der Waals surface area (Å²) in [6.07, 6.45) is 4.02. The summed E-state index contributed by atoms with van der Waals surface area (Å²) in [5.41, 5.74) is 0. The lowest BCUT2D eigenvalue weighted by Gasteiger charge is -2.26. The molecule has 0 saturated heterocycles. The maximum absolute atomic E-state index is 12.0. The highest BCUT2D eigenvalue weighted by atomic mass is 16.5. The molecule has 0 radical (unpaired) electrons. The lowest BCUT2D eigenvalue weighted by atomic mass is 9.81. The zero-order valence-electron chi connectivity index (χ0n) is 13.9. The van der Waals surface area contributed by atoms with Gasteiger partial charge in [-0.1, -0.05) is 34.1 Å². The molecule has 0 aromatic rings. The predicted molar refractivity (Wildman–Crippen MR) is 81.7 cm³/mol. The first kappa shape index (κ1) is 18.0. The van der Waals surface area contributed by atoms with Gasteiger partial charge in [0.05, 0.1) is 25.0 Å². The third kappa shape index (κ3) is 6.96. The van der Waals surface area contributed by atoms with Crippen LogP contribution in [0.5, 0.6) is 0 Å². The number of carbonyl (C=O) groups excluding carboxylic acids is 2. The molecule has 4 heteroatoms. The second-order valence-electron chi connectivity index (χ2n) is 6.93. The number of ether oxygens (including phenoxy) is 2. The molecule has 1 aliphatic rings. The van der Waals surface area contributed by atoms with E-state index in [1.165, 1.54) is 0 Å². The van der Waals surface area contributed by atoms with Crippen LogP contribution in [0.25, 0.3) is 0 Å². The Bertz CT molecular complexity index is 336. The zero-order chi connectivity index (χ0) is 15.8. The Kier molecular flexibility index (Phi) is 7.76. The maximum atomic E-state index is 12.0. The van der Waals surface area contributed by atoms with Crippen molar-refractivity contribution in [3.8, 4) is 0 Å². The van der Waals surface area contributed by atoms with Gasteiger partial charge in [-0.3, -0.25) is 9.59 Å². The quantitative estimate of drug-likeness (QED) is 0.674. The molecule has 0 N–H and O–H groups in total. The van der Waals surface area contributed by atoms with Crippen LogP contribution in [-0.4, -0.2) is 25.2 Å². The standard InChI is InChI=1S/C17H30O4/c1-12(2)8-9-20-16(18)14-6-5-7-15(10-14)17(19)21-11-13(3)4/h12-15H,5-11H2,1-4H3. The van der Waals surface area contributed by atoms with E-state index in [0.29, 0.717) is 31.5 Å². The van der Waals surface area contributed by atoms with Gasteiger partial charge in [0, 0.05) is 0 Å². The van der Waals surface area contributed by atoms with Crippen LogP contribution < -0.4 is 0 Å². The van der Waals surface area contributed by atoms with Gasteiger partial charge in [-0.15, -0.1) is 0 Å². The first-order valence-electron chi connectivity index (χ1n) is 8.23. The second kappa shape index (κ2) is 9.06. The van der Waals surface area contributed by atoms with E-state index in [1.54, 1.807) is 0 Å². The molecule has 4 nitrogen and oxygen atoms in total. The van der Waals surface area contributed by atoms with Crippen molar-refractivity contribution in [1.82, 2.24) is 0 Å². The first-order chi connectivity index (χ1) is 9.90. The molecule has 0 heterocycles. The van der Waals surface area contributed by atoms with Crippen LogP contribution in [0.1, 0.15) is 59.8 Å². The monoisotopic (exact) mass is 298 g/mol. The van der Waals surface area contributed by atoms with Crippen molar-refractivity contribution in [1.29, 1.82) is 0 Å². The average Bonchev–Trinajstić information content (AvgIpc) is 2.44. The van der Waals surface area contributed by atoms with Gasteiger partial charge in [-0.25, -0.2) is 0 Å². The summed E-state index contributed by atoms with van der Waals surface area (Å²) >= 11 is 0. The van der Waals surface area contributed by atoms with Gasteiger partial charge in [-0.05, 0) is 37.5 Å². The Balaban J connectivity index is 2.37. The lowest BCUT2D eigenvalue weighted by molar-refractivity contribution is -0.155. The summed E-state index contributed by atoms with van der Waals surface area (Å²) in [6, 6.07) is 0. The van der Waals surface area contributed by atoms with Crippen molar-refractivity contribution < 1.29 is 19.1 Å². The molecule has 1 fully saturated rings. The number of hydrogen-bond acceptors (Lipinski definition) is 4. The third-order valence-electron chi connectivity index (χ3n) is 3.84. The van der Waals surface area contributed by atoms with Crippen molar-refractivity contribution >= 4 is 11.9 Å². The van der Waals surface area contributed by atoms with Crippen molar-refractivity contribution in [2.75, 3.05) is 13.2 Å². The molecule has 0 aromatic heterocycles. The smallest absolute Gasteiger partial charge is 0.308 e. The summed E-state index contributed by atoms with van der Waals surface area (Å²) in [7, 11) is 0. The summed E-state index contributed by atoms with van der Waals surface area (Å²) in [6.45, 7) is 9.19. The molecular formula is C17H30O4. The molecule has 0 aromatic carbocycles. The van der Waals surface area contributed by atoms with Crippen LogP contribution in [0, 0.1) is 23.7 Å². The molecule has 0 aliphatic heterocycles. The lowest BCUT2D eigenvalue weighted by Crippen LogP contribution is -2.30. The van der Waals surface area contributed by atoms with Crippen LogP contribution >= 0.6 is 0 Å². The molecule has 122 valence electrons. The van der Waals surface area contributed by atoms with Gasteiger partial charge >= 0.3 is 11.9 Å². The average molecular weight is 298 g/mol. The van der Waals surface area contributed by atoms with Gasteiger partial charge in [0.1, 0.15) is 0 Å². The van der Waals surface area contributed by atoms with Gasteiger partial charge in [0.2, 0.25) is 0 Å². The van der Waals surface area contributed by atoms with Crippen LogP contribution in [0.3, 0.4) is 0 Å². The van der Waals surface area contributed by atoms with E-state index in [1.807, 2.05) is 13.8 Å². The Morgan fingerprint density at radius 1 is 0.952 bits per heavy atom. The maximum Gasteiger partial charge on any atom is 0.308 e. The molecule has 2 unspecified atom stereocenters. The largest absolute Gasteiger partial charge is 0.465 e. The van der Waals surface area contributed by atoms with E-state index in [9.17, 15) is 9.59 Å². The first-order valence-corrected chi connectivity index (χ1v) is 8.23. The number of carbonyl (C=O) groups is 2. The highest BCUT2D eigenvalue weighted by molar-refractivity contribution is 5.76. The normalized spacial score (nSPS) is 22.4. The third-order valence-corrected chi connectivity index (χ3v) is 3.84. The predicted octanol–water partition coefficient (Wildman–Crippen LogP) is 3.58. The van der Waals surface area contributed by atoms with Crippen molar-refractivity contribution in [3.63, 3.8) is 0 Å². The number of esters is 2. The Hall–Kier alpha value is -1.06. The second-order valence-corrected chi connectivity index (χ2v) is 6.93. The molecule has 21 heavy (non-hydrogen) atoms. The van der Waals surface area contributed by atoms with Crippen LogP contribution in [0.2, 0.25) is 0 Å².